The predicted molar refractivity (Wildman–Crippen MR) is 90.3 cm³/mol. The van der Waals surface area contributed by atoms with Crippen molar-refractivity contribution in [1.82, 2.24) is 20.2 Å². The Kier molecular flexibility index (Phi) is 3.91. The molecule has 3 aromatic rings. The van der Waals surface area contributed by atoms with Gasteiger partial charge in [-0.25, -0.2) is 9.97 Å². The zero-order chi connectivity index (χ0) is 17.3. The van der Waals surface area contributed by atoms with Crippen molar-refractivity contribution < 1.29 is 4.74 Å². The molecule has 7 heteroatoms. The Hall–Kier alpha value is -2.98. The molecule has 122 valence electrons. The van der Waals surface area contributed by atoms with Crippen LogP contribution in [0.1, 0.15) is 25.1 Å². The number of benzene rings is 1. The number of fused-ring (bicyclic) bond motifs is 1. The van der Waals surface area contributed by atoms with Crippen molar-refractivity contribution in [3.8, 4) is 23.3 Å². The maximum absolute atomic E-state index is 9.16. The summed E-state index contributed by atoms with van der Waals surface area (Å²) in [5.74, 6) is 0.457. The zero-order valence-corrected chi connectivity index (χ0v) is 13.8. The van der Waals surface area contributed by atoms with E-state index in [2.05, 4.69) is 26.2 Å². The third kappa shape index (κ3) is 3.05. The van der Waals surface area contributed by atoms with Crippen LogP contribution in [0.3, 0.4) is 0 Å². The van der Waals surface area contributed by atoms with E-state index in [1.54, 1.807) is 12.3 Å². The maximum Gasteiger partial charge on any atom is 0.235 e. The first kappa shape index (κ1) is 15.9. The van der Waals surface area contributed by atoms with Crippen LogP contribution < -0.4 is 10.5 Å². The third-order valence-corrected chi connectivity index (χ3v) is 3.44. The van der Waals surface area contributed by atoms with Gasteiger partial charge in [-0.1, -0.05) is 12.1 Å². The van der Waals surface area contributed by atoms with Gasteiger partial charge in [0.2, 0.25) is 5.88 Å². The molecule has 0 atom stereocenters. The Morgan fingerprint density at radius 2 is 2.17 bits per heavy atom. The van der Waals surface area contributed by atoms with Gasteiger partial charge in [-0.3, -0.25) is 5.10 Å². The number of aromatic nitrogens is 4. The Morgan fingerprint density at radius 3 is 2.83 bits per heavy atom. The summed E-state index contributed by atoms with van der Waals surface area (Å²) in [4.78, 5) is 8.87. The molecule has 0 aliphatic heterocycles. The summed E-state index contributed by atoms with van der Waals surface area (Å²) in [5.41, 5.74) is 8.65. The summed E-state index contributed by atoms with van der Waals surface area (Å²) in [5, 5.41) is 17.2. The van der Waals surface area contributed by atoms with E-state index in [0.29, 0.717) is 35.0 Å². The number of H-pyrrole nitrogens is 1. The second kappa shape index (κ2) is 5.91. The highest BCUT2D eigenvalue weighted by Gasteiger charge is 2.16. The van der Waals surface area contributed by atoms with Gasteiger partial charge in [-0.05, 0) is 26.8 Å². The number of nitrogens with zero attached hydrogens (tertiary/aromatic N) is 4. The molecule has 0 radical (unpaired) electrons. The van der Waals surface area contributed by atoms with Crippen LogP contribution in [0.2, 0.25) is 0 Å². The van der Waals surface area contributed by atoms with Crippen LogP contribution in [0, 0.1) is 18.3 Å². The Balaban J connectivity index is 1.97. The summed E-state index contributed by atoms with van der Waals surface area (Å²) >= 11 is 0. The molecule has 0 spiro atoms. The maximum atomic E-state index is 9.16. The molecule has 0 aliphatic rings. The van der Waals surface area contributed by atoms with Crippen LogP contribution in [0.25, 0.3) is 22.3 Å². The summed E-state index contributed by atoms with van der Waals surface area (Å²) in [7, 11) is 0. The number of rotatable bonds is 4. The van der Waals surface area contributed by atoms with Crippen LogP contribution in [-0.2, 0) is 0 Å². The van der Waals surface area contributed by atoms with Crippen molar-refractivity contribution >= 4 is 10.9 Å². The number of para-hydroxylation sites is 1. The smallest absolute Gasteiger partial charge is 0.235 e. The molecule has 1 aromatic carbocycles. The predicted octanol–water partition coefficient (Wildman–Crippen LogP) is 2.32. The van der Waals surface area contributed by atoms with Crippen LogP contribution >= 0.6 is 0 Å². The van der Waals surface area contributed by atoms with Crippen molar-refractivity contribution in [2.45, 2.75) is 26.3 Å². The SMILES string of the molecule is Cc1nc(-c2[nH]nc3c(C#N)cccc23)cnc1OCC(C)(C)N. The number of aromatic amines is 1. The number of hydrogen-bond acceptors (Lipinski definition) is 6. The number of nitrogens with one attached hydrogen (secondary N) is 1. The molecule has 0 amide bonds. The molecular weight excluding hydrogens is 304 g/mol. The Labute approximate surface area is 139 Å². The molecule has 0 saturated carbocycles. The van der Waals surface area contributed by atoms with Gasteiger partial charge in [-0.15, -0.1) is 0 Å². The molecule has 0 unspecified atom stereocenters. The fraction of sp³-hybridized carbons (Fsp3) is 0.294. The van der Waals surface area contributed by atoms with E-state index in [4.69, 9.17) is 15.7 Å². The molecule has 7 nitrogen and oxygen atoms in total. The summed E-state index contributed by atoms with van der Waals surface area (Å²) < 4.78 is 5.63. The van der Waals surface area contributed by atoms with E-state index in [0.717, 1.165) is 11.1 Å². The lowest BCUT2D eigenvalue weighted by molar-refractivity contribution is 0.232. The quantitative estimate of drug-likeness (QED) is 0.762. The molecule has 24 heavy (non-hydrogen) atoms. The van der Waals surface area contributed by atoms with Crippen LogP contribution in [0.15, 0.2) is 24.4 Å². The topological polar surface area (TPSA) is 114 Å². The van der Waals surface area contributed by atoms with Gasteiger partial charge in [0.15, 0.2) is 0 Å². The van der Waals surface area contributed by atoms with Crippen molar-refractivity contribution in [3.05, 3.63) is 35.7 Å². The number of aryl methyl sites for hydroxylation is 1. The summed E-state index contributed by atoms with van der Waals surface area (Å²) in [6, 6.07) is 7.58. The van der Waals surface area contributed by atoms with E-state index in [9.17, 15) is 0 Å². The van der Waals surface area contributed by atoms with E-state index < -0.39 is 5.54 Å². The largest absolute Gasteiger partial charge is 0.474 e. The number of hydrogen-bond donors (Lipinski definition) is 2. The fourth-order valence-corrected chi connectivity index (χ4v) is 2.31. The fourth-order valence-electron chi connectivity index (χ4n) is 2.31. The van der Waals surface area contributed by atoms with Gasteiger partial charge in [0, 0.05) is 10.9 Å². The lowest BCUT2D eigenvalue weighted by Gasteiger charge is -2.19. The molecule has 2 aromatic heterocycles. The van der Waals surface area contributed by atoms with Crippen molar-refractivity contribution in [2.75, 3.05) is 6.61 Å². The highest BCUT2D eigenvalue weighted by Crippen LogP contribution is 2.27. The number of ether oxygens (including phenoxy) is 1. The van der Waals surface area contributed by atoms with E-state index in [1.165, 1.54) is 0 Å². The molecule has 0 aliphatic carbocycles. The molecule has 3 rings (SSSR count). The lowest BCUT2D eigenvalue weighted by Crippen LogP contribution is -2.39. The minimum Gasteiger partial charge on any atom is -0.474 e. The molecule has 0 fully saturated rings. The standard InChI is InChI=1S/C17H18N6O/c1-10-16(24-9-17(2,3)19)20-8-13(21-10)15-12-6-4-5-11(7-18)14(12)22-23-15/h4-6,8H,9,19H2,1-3H3,(H,22,23). The molecule has 0 bridgehead atoms. The van der Waals surface area contributed by atoms with Crippen molar-refractivity contribution in [3.63, 3.8) is 0 Å². The van der Waals surface area contributed by atoms with Crippen LogP contribution in [0.4, 0.5) is 0 Å². The second-order valence-corrected chi connectivity index (χ2v) is 6.34. The highest BCUT2D eigenvalue weighted by molar-refractivity contribution is 5.94. The van der Waals surface area contributed by atoms with Gasteiger partial charge in [0.25, 0.3) is 0 Å². The van der Waals surface area contributed by atoms with Crippen LogP contribution in [0.5, 0.6) is 5.88 Å². The average molecular weight is 322 g/mol. The first-order chi connectivity index (χ1) is 11.4. The van der Waals surface area contributed by atoms with Gasteiger partial charge in [0.05, 0.1) is 17.5 Å². The molecule has 3 N–H and O–H groups in total. The van der Waals surface area contributed by atoms with Crippen LogP contribution in [-0.4, -0.2) is 32.3 Å². The van der Waals surface area contributed by atoms with E-state index in [-0.39, 0.29) is 0 Å². The van der Waals surface area contributed by atoms with Crippen molar-refractivity contribution in [2.24, 2.45) is 5.73 Å². The van der Waals surface area contributed by atoms with Crippen molar-refractivity contribution in [1.29, 1.82) is 5.26 Å². The van der Waals surface area contributed by atoms with Gasteiger partial charge < -0.3 is 10.5 Å². The lowest BCUT2D eigenvalue weighted by atomic mass is 10.1. The minimum absolute atomic E-state index is 0.348. The second-order valence-electron chi connectivity index (χ2n) is 6.34. The number of nitrogens with two attached hydrogens (primary N) is 1. The monoisotopic (exact) mass is 322 g/mol. The van der Waals surface area contributed by atoms with E-state index >= 15 is 0 Å². The normalized spacial score (nSPS) is 11.5. The first-order valence-corrected chi connectivity index (χ1v) is 7.52. The molecule has 2 heterocycles. The Morgan fingerprint density at radius 1 is 1.38 bits per heavy atom. The van der Waals surface area contributed by atoms with Gasteiger partial charge in [0.1, 0.15) is 29.6 Å². The molecule has 0 saturated heterocycles. The number of nitriles is 1. The summed E-state index contributed by atoms with van der Waals surface area (Å²) in [6.45, 7) is 5.94. The Bertz CT molecular complexity index is 932. The molecular formula is C17H18N6O. The minimum atomic E-state index is -0.444. The average Bonchev–Trinajstić information content (AvgIpc) is 2.96. The highest BCUT2D eigenvalue weighted by atomic mass is 16.5. The zero-order valence-electron chi connectivity index (χ0n) is 13.8. The summed E-state index contributed by atoms with van der Waals surface area (Å²) in [6.07, 6.45) is 1.62. The van der Waals surface area contributed by atoms with Gasteiger partial charge in [-0.2, -0.15) is 10.4 Å². The first-order valence-electron chi connectivity index (χ1n) is 7.52. The van der Waals surface area contributed by atoms with Gasteiger partial charge >= 0.3 is 0 Å². The van der Waals surface area contributed by atoms with E-state index in [1.807, 2.05) is 32.9 Å². The third-order valence-electron chi connectivity index (χ3n) is 3.44.